The van der Waals surface area contributed by atoms with Gasteiger partial charge in [0.05, 0.1) is 0 Å². The number of nitrogens with zero attached hydrogens (tertiary/aromatic N) is 1. The number of urea groups is 1. The van der Waals surface area contributed by atoms with Gasteiger partial charge in [-0.2, -0.15) is 0 Å². The highest BCUT2D eigenvalue weighted by Crippen LogP contribution is 2.15. The monoisotopic (exact) mass is 287 g/mol. The summed E-state index contributed by atoms with van der Waals surface area (Å²) in [5.74, 6) is -2.50. The molecule has 1 aliphatic rings. The number of aliphatic carboxylic acids is 1. The minimum Gasteiger partial charge on any atom is -0.479 e. The van der Waals surface area contributed by atoms with E-state index in [-0.39, 0.29) is 13.0 Å². The average molecular weight is 287 g/mol. The molecule has 1 fully saturated rings. The van der Waals surface area contributed by atoms with E-state index >= 15 is 0 Å². The lowest BCUT2D eigenvalue weighted by Gasteiger charge is -2.15. The Balaban J connectivity index is 2.42. The smallest absolute Gasteiger partial charge is 0.332 e. The van der Waals surface area contributed by atoms with Crippen LogP contribution in [-0.2, 0) is 14.4 Å². The van der Waals surface area contributed by atoms with Crippen LogP contribution in [0, 0.1) is 0 Å². The summed E-state index contributed by atoms with van der Waals surface area (Å²) in [5, 5.41) is 22.2. The largest absolute Gasteiger partial charge is 0.479 e. The van der Waals surface area contributed by atoms with E-state index in [1.54, 1.807) is 0 Å². The Morgan fingerprint density at radius 3 is 2.45 bits per heavy atom. The second-order valence-electron chi connectivity index (χ2n) is 4.94. The lowest BCUT2D eigenvalue weighted by molar-refractivity contribution is -0.147. The first kappa shape index (κ1) is 15.9. The highest BCUT2D eigenvalue weighted by molar-refractivity contribution is 6.08. The third kappa shape index (κ3) is 3.67. The average Bonchev–Trinajstić information content (AvgIpc) is 2.51. The summed E-state index contributed by atoms with van der Waals surface area (Å²) < 4.78 is 0. The molecule has 1 rings (SSSR count). The molecule has 0 saturated carbocycles. The van der Waals surface area contributed by atoms with Crippen LogP contribution in [0.1, 0.15) is 20.3 Å². The van der Waals surface area contributed by atoms with Gasteiger partial charge in [0.2, 0.25) is 5.91 Å². The lowest BCUT2D eigenvalue weighted by Crippen LogP contribution is -2.43. The van der Waals surface area contributed by atoms with Crippen LogP contribution in [0.5, 0.6) is 0 Å². The number of carbonyl (C=O) groups is 4. The number of hydrogen-bond acceptors (Lipinski definition) is 5. The quantitative estimate of drug-likeness (QED) is 0.428. The van der Waals surface area contributed by atoms with E-state index in [1.807, 2.05) is 0 Å². The Bertz CT molecular complexity index is 447. The molecule has 112 valence electrons. The second-order valence-corrected chi connectivity index (χ2v) is 4.94. The first-order valence-electron chi connectivity index (χ1n) is 5.97. The number of imide groups is 1. The van der Waals surface area contributed by atoms with Crippen molar-refractivity contribution in [2.75, 3.05) is 13.1 Å². The van der Waals surface area contributed by atoms with Crippen LogP contribution in [0.4, 0.5) is 4.79 Å². The summed E-state index contributed by atoms with van der Waals surface area (Å²) in [6.07, 6.45) is -1.72. The van der Waals surface area contributed by atoms with Crippen molar-refractivity contribution < 1.29 is 29.4 Å². The van der Waals surface area contributed by atoms with Crippen LogP contribution < -0.4 is 10.6 Å². The predicted octanol–water partition coefficient (Wildman–Crippen LogP) is -1.73. The number of aliphatic hydroxyl groups excluding tert-OH is 1. The number of nitrogens with one attached hydrogen (secondary N) is 2. The van der Waals surface area contributed by atoms with Crippen molar-refractivity contribution in [3.63, 3.8) is 0 Å². The van der Waals surface area contributed by atoms with Gasteiger partial charge in [-0.25, -0.2) is 9.59 Å². The van der Waals surface area contributed by atoms with E-state index in [0.717, 1.165) is 4.90 Å². The molecular weight excluding hydrogens is 270 g/mol. The number of carbonyl (C=O) groups excluding carboxylic acids is 3. The van der Waals surface area contributed by atoms with Crippen molar-refractivity contribution >= 4 is 23.8 Å². The highest BCUT2D eigenvalue weighted by Gasteiger charge is 2.44. The maximum atomic E-state index is 11.8. The fourth-order valence-corrected chi connectivity index (χ4v) is 1.63. The standard InChI is InChI=1S/C11H17N3O6/c1-11(2)9(19)14(10(20)13-11)5-7(16)12-4-3-6(15)8(17)18/h6,15H,3-5H2,1-2H3,(H,12,16)(H,13,20)(H,17,18). The van der Waals surface area contributed by atoms with Gasteiger partial charge >= 0.3 is 12.0 Å². The first-order chi connectivity index (χ1) is 9.15. The van der Waals surface area contributed by atoms with E-state index < -0.39 is 42.0 Å². The molecule has 1 heterocycles. The summed E-state index contributed by atoms with van der Waals surface area (Å²) in [7, 11) is 0. The van der Waals surface area contributed by atoms with Crippen molar-refractivity contribution in [2.24, 2.45) is 0 Å². The summed E-state index contributed by atoms with van der Waals surface area (Å²) in [4.78, 5) is 46.0. The van der Waals surface area contributed by atoms with Crippen molar-refractivity contribution in [2.45, 2.75) is 31.9 Å². The van der Waals surface area contributed by atoms with Crippen LogP contribution in [0.25, 0.3) is 0 Å². The Morgan fingerprint density at radius 1 is 1.40 bits per heavy atom. The summed E-state index contributed by atoms with van der Waals surface area (Å²) in [6.45, 7) is 2.53. The number of aliphatic hydroxyl groups is 1. The number of hydrogen-bond donors (Lipinski definition) is 4. The van der Waals surface area contributed by atoms with E-state index in [9.17, 15) is 19.2 Å². The fraction of sp³-hybridized carbons (Fsp3) is 0.636. The first-order valence-corrected chi connectivity index (χ1v) is 5.97. The molecule has 1 atom stereocenters. The van der Waals surface area contributed by atoms with Crippen LogP contribution in [0.2, 0.25) is 0 Å². The molecule has 0 spiro atoms. The zero-order chi connectivity index (χ0) is 15.5. The Labute approximate surface area is 114 Å². The number of carboxylic acid groups (broad SMARTS) is 1. The molecule has 4 N–H and O–H groups in total. The molecule has 20 heavy (non-hydrogen) atoms. The molecule has 0 aliphatic carbocycles. The second kappa shape index (κ2) is 5.87. The molecule has 1 aliphatic heterocycles. The van der Waals surface area contributed by atoms with Gasteiger partial charge in [-0.15, -0.1) is 0 Å². The summed E-state index contributed by atoms with van der Waals surface area (Å²) >= 11 is 0. The molecule has 1 saturated heterocycles. The van der Waals surface area contributed by atoms with Gasteiger partial charge in [-0.05, 0) is 13.8 Å². The maximum absolute atomic E-state index is 11.8. The van der Waals surface area contributed by atoms with Crippen molar-refractivity contribution in [1.82, 2.24) is 15.5 Å². The predicted molar refractivity (Wildman–Crippen MR) is 65.6 cm³/mol. The Hall–Kier alpha value is -2.16. The third-order valence-corrected chi connectivity index (χ3v) is 2.77. The van der Waals surface area contributed by atoms with E-state index in [4.69, 9.17) is 10.2 Å². The molecule has 0 aromatic heterocycles. The van der Waals surface area contributed by atoms with Crippen LogP contribution in [0.15, 0.2) is 0 Å². The fourth-order valence-electron chi connectivity index (χ4n) is 1.63. The molecule has 0 bridgehead atoms. The number of rotatable bonds is 6. The summed E-state index contributed by atoms with van der Waals surface area (Å²) in [6, 6.07) is -0.652. The zero-order valence-corrected chi connectivity index (χ0v) is 11.2. The van der Waals surface area contributed by atoms with Gasteiger partial charge in [-0.1, -0.05) is 0 Å². The van der Waals surface area contributed by atoms with E-state index in [0.29, 0.717) is 0 Å². The van der Waals surface area contributed by atoms with Crippen molar-refractivity contribution in [3.05, 3.63) is 0 Å². The molecule has 4 amide bonds. The Kier molecular flexibility index (Phi) is 4.66. The normalized spacial score (nSPS) is 18.6. The van der Waals surface area contributed by atoms with Crippen LogP contribution in [-0.4, -0.2) is 63.7 Å². The SMILES string of the molecule is CC1(C)NC(=O)N(CC(=O)NCCC(O)C(=O)O)C1=O. The molecule has 1 unspecified atom stereocenters. The molecule has 9 nitrogen and oxygen atoms in total. The molecular formula is C11H17N3O6. The van der Waals surface area contributed by atoms with Gasteiger partial charge in [0, 0.05) is 13.0 Å². The minimum atomic E-state index is -1.56. The molecule has 0 aromatic carbocycles. The van der Waals surface area contributed by atoms with Gasteiger partial charge in [0.1, 0.15) is 12.1 Å². The van der Waals surface area contributed by atoms with E-state index in [1.165, 1.54) is 13.8 Å². The molecule has 9 heteroatoms. The van der Waals surface area contributed by atoms with Gasteiger partial charge in [0.15, 0.2) is 6.10 Å². The summed E-state index contributed by atoms with van der Waals surface area (Å²) in [5.41, 5.74) is -1.04. The third-order valence-electron chi connectivity index (χ3n) is 2.77. The van der Waals surface area contributed by atoms with E-state index in [2.05, 4.69) is 10.6 Å². The van der Waals surface area contributed by atoms with Crippen LogP contribution >= 0.6 is 0 Å². The minimum absolute atomic E-state index is 0.0701. The molecule has 0 radical (unpaired) electrons. The Morgan fingerprint density at radius 2 is 2.00 bits per heavy atom. The van der Waals surface area contributed by atoms with Gasteiger partial charge in [0.25, 0.3) is 5.91 Å². The van der Waals surface area contributed by atoms with Gasteiger partial charge in [-0.3, -0.25) is 14.5 Å². The topological polar surface area (TPSA) is 136 Å². The van der Waals surface area contributed by atoms with Crippen molar-refractivity contribution in [1.29, 1.82) is 0 Å². The highest BCUT2D eigenvalue weighted by atomic mass is 16.4. The van der Waals surface area contributed by atoms with Crippen molar-refractivity contribution in [3.8, 4) is 0 Å². The maximum Gasteiger partial charge on any atom is 0.332 e. The number of carboxylic acids is 1. The van der Waals surface area contributed by atoms with Crippen LogP contribution in [0.3, 0.4) is 0 Å². The zero-order valence-electron chi connectivity index (χ0n) is 11.2. The molecule has 0 aromatic rings. The lowest BCUT2D eigenvalue weighted by atomic mass is 10.1. The van der Waals surface area contributed by atoms with Gasteiger partial charge < -0.3 is 20.8 Å². The number of amides is 4.